The fourth-order valence-electron chi connectivity index (χ4n) is 5.58. The molecule has 0 amide bonds. The van der Waals surface area contributed by atoms with Gasteiger partial charge >= 0.3 is 0 Å². The van der Waals surface area contributed by atoms with Gasteiger partial charge < -0.3 is 4.74 Å². The summed E-state index contributed by atoms with van der Waals surface area (Å²) >= 11 is 3.83. The van der Waals surface area contributed by atoms with Crippen molar-refractivity contribution in [1.29, 1.82) is 0 Å². The second kappa shape index (κ2) is 11.4. The van der Waals surface area contributed by atoms with E-state index in [4.69, 9.17) is 4.74 Å². The first-order valence-corrected chi connectivity index (χ1v) is 17.9. The summed E-state index contributed by atoms with van der Waals surface area (Å²) in [6.45, 7) is 14.3. The van der Waals surface area contributed by atoms with Gasteiger partial charge in [0, 0.05) is 15.3 Å². The lowest BCUT2D eigenvalue weighted by Crippen LogP contribution is -2.48. The van der Waals surface area contributed by atoms with Gasteiger partial charge in [-0.25, -0.2) is 0 Å². The van der Waals surface area contributed by atoms with Gasteiger partial charge in [-0.1, -0.05) is 77.4 Å². The van der Waals surface area contributed by atoms with Gasteiger partial charge in [-0.05, 0) is 76.0 Å². The fraction of sp³-hybridized carbons (Fsp3) is 0.467. The highest BCUT2D eigenvalue weighted by Gasteiger charge is 2.45. The van der Waals surface area contributed by atoms with Crippen LogP contribution in [-0.2, 0) is 12.8 Å². The Balaban J connectivity index is 1.83. The van der Waals surface area contributed by atoms with E-state index in [1.807, 2.05) is 28.7 Å². The van der Waals surface area contributed by atoms with E-state index in [0.29, 0.717) is 12.1 Å². The Morgan fingerprint density at radius 1 is 0.912 bits per heavy atom. The van der Waals surface area contributed by atoms with Crippen molar-refractivity contribution in [3.05, 3.63) is 69.9 Å². The minimum Gasteiger partial charge on any atom is -0.489 e. The smallest absolute Gasteiger partial charge is 0.122 e. The van der Waals surface area contributed by atoms with E-state index in [1.54, 1.807) is 11.1 Å². The fourth-order valence-corrected chi connectivity index (χ4v) is 11.6. The zero-order chi connectivity index (χ0) is 24.1. The first-order chi connectivity index (χ1) is 16.5. The van der Waals surface area contributed by atoms with Crippen LogP contribution in [0.15, 0.2) is 47.7 Å². The van der Waals surface area contributed by atoms with Crippen LogP contribution in [0, 0.1) is 0 Å². The van der Waals surface area contributed by atoms with Crippen molar-refractivity contribution in [2.75, 3.05) is 6.61 Å². The largest absolute Gasteiger partial charge is 0.489 e. The van der Waals surface area contributed by atoms with Crippen molar-refractivity contribution in [3.8, 4) is 15.5 Å². The Kier molecular flexibility index (Phi) is 8.55. The first kappa shape index (κ1) is 25.5. The van der Waals surface area contributed by atoms with Crippen molar-refractivity contribution in [2.24, 2.45) is 0 Å². The van der Waals surface area contributed by atoms with Crippen LogP contribution in [0.1, 0.15) is 80.2 Å². The molecule has 0 fully saturated rings. The summed E-state index contributed by atoms with van der Waals surface area (Å²) in [6.07, 6.45) is 11.8. The Labute approximate surface area is 215 Å². The van der Waals surface area contributed by atoms with Crippen molar-refractivity contribution < 1.29 is 4.74 Å². The molecule has 0 aliphatic heterocycles. The number of unbranched alkanes of at least 4 members (excludes halogenated alkanes) is 4. The topological polar surface area (TPSA) is 9.23 Å². The van der Waals surface area contributed by atoms with E-state index >= 15 is 0 Å². The standard InChI is InChI=1S/C30H40OS2Si/c1-6-9-11-13-22-20-23(14-12-10-7-2)27(31-17-8-3)26(21-22)34(4,5)30-24-15-18-32-28(24)29-25(30)16-19-33-29/h8,15-16,18-21,30H,3,6-7,9-14,17H2,1-2,4-5H3. The van der Waals surface area contributed by atoms with Gasteiger partial charge in [0.25, 0.3) is 0 Å². The highest BCUT2D eigenvalue weighted by Crippen LogP contribution is 2.53. The molecule has 0 unspecified atom stereocenters. The summed E-state index contributed by atoms with van der Waals surface area (Å²) in [6, 6.07) is 9.80. The molecule has 34 heavy (non-hydrogen) atoms. The van der Waals surface area contributed by atoms with Crippen LogP contribution in [0.4, 0.5) is 0 Å². The van der Waals surface area contributed by atoms with E-state index in [0.717, 1.165) is 6.42 Å². The highest BCUT2D eigenvalue weighted by atomic mass is 32.1. The van der Waals surface area contributed by atoms with E-state index < -0.39 is 8.07 Å². The van der Waals surface area contributed by atoms with Crippen molar-refractivity contribution in [1.82, 2.24) is 0 Å². The monoisotopic (exact) mass is 508 g/mol. The molecule has 0 N–H and O–H groups in total. The van der Waals surface area contributed by atoms with Crippen molar-refractivity contribution >= 4 is 35.9 Å². The van der Waals surface area contributed by atoms with Crippen LogP contribution in [-0.4, -0.2) is 14.7 Å². The number of ether oxygens (including phenoxy) is 1. The number of fused-ring (bicyclic) bond motifs is 3. The Hall–Kier alpha value is -1.62. The molecule has 4 heteroatoms. The lowest BCUT2D eigenvalue weighted by atomic mass is 10.00. The molecule has 1 aliphatic rings. The second-order valence-electron chi connectivity index (χ2n) is 10.2. The minimum absolute atomic E-state index is 0.496. The normalized spacial score (nSPS) is 13.2. The maximum atomic E-state index is 6.54. The van der Waals surface area contributed by atoms with Gasteiger partial charge in [-0.15, -0.1) is 22.7 Å². The van der Waals surface area contributed by atoms with Crippen LogP contribution >= 0.6 is 22.7 Å². The summed E-state index contributed by atoms with van der Waals surface area (Å²) in [4.78, 5) is 3.01. The Morgan fingerprint density at radius 3 is 2.12 bits per heavy atom. The van der Waals surface area contributed by atoms with Gasteiger partial charge in [0.15, 0.2) is 0 Å². The summed E-state index contributed by atoms with van der Waals surface area (Å²) in [5.74, 6) is 1.17. The Bertz CT molecular complexity index is 1070. The summed E-state index contributed by atoms with van der Waals surface area (Å²) in [5.41, 5.74) is 6.55. The highest BCUT2D eigenvalue weighted by molar-refractivity contribution is 7.21. The van der Waals surface area contributed by atoms with E-state index in [2.05, 4.69) is 68.5 Å². The molecule has 1 aromatic carbocycles. The van der Waals surface area contributed by atoms with E-state index in [-0.39, 0.29) is 0 Å². The predicted molar refractivity (Wildman–Crippen MR) is 155 cm³/mol. The number of thiophene rings is 2. The van der Waals surface area contributed by atoms with E-state index in [1.165, 1.54) is 76.8 Å². The predicted octanol–water partition coefficient (Wildman–Crippen LogP) is 9.11. The molecule has 182 valence electrons. The van der Waals surface area contributed by atoms with E-state index in [9.17, 15) is 0 Å². The van der Waals surface area contributed by atoms with Crippen LogP contribution < -0.4 is 9.92 Å². The lowest BCUT2D eigenvalue weighted by Gasteiger charge is -2.34. The maximum Gasteiger partial charge on any atom is 0.122 e. The van der Waals surface area contributed by atoms with Gasteiger partial charge in [0.2, 0.25) is 0 Å². The van der Waals surface area contributed by atoms with Gasteiger partial charge in [-0.3, -0.25) is 0 Å². The molecule has 0 saturated carbocycles. The first-order valence-electron chi connectivity index (χ1n) is 13.1. The van der Waals surface area contributed by atoms with Crippen LogP contribution in [0.5, 0.6) is 5.75 Å². The SMILES string of the molecule is C=CCOc1c(CCCCC)cc(CCCCC)cc1[Si](C)(C)C1c2ccsc2-c2sccc21. The molecule has 0 atom stereocenters. The molecule has 4 rings (SSSR count). The van der Waals surface area contributed by atoms with Crippen molar-refractivity contribution in [2.45, 2.75) is 83.8 Å². The average Bonchev–Trinajstić information content (AvgIpc) is 3.52. The Morgan fingerprint density at radius 2 is 1.53 bits per heavy atom. The van der Waals surface area contributed by atoms with Gasteiger partial charge in [0.1, 0.15) is 12.4 Å². The third-order valence-electron chi connectivity index (χ3n) is 7.33. The quantitative estimate of drug-likeness (QED) is 0.127. The third kappa shape index (κ3) is 5.00. The summed E-state index contributed by atoms with van der Waals surface area (Å²) in [5, 5.41) is 6.09. The molecule has 0 spiro atoms. The van der Waals surface area contributed by atoms with Crippen LogP contribution in [0.3, 0.4) is 0 Å². The molecular weight excluding hydrogens is 469 g/mol. The molecular formula is C30H40OS2Si. The molecule has 1 nitrogen and oxygen atoms in total. The molecule has 0 saturated heterocycles. The number of hydrogen-bond donors (Lipinski definition) is 0. The van der Waals surface area contributed by atoms with Crippen molar-refractivity contribution in [3.63, 3.8) is 0 Å². The average molecular weight is 509 g/mol. The second-order valence-corrected chi connectivity index (χ2v) is 16.6. The maximum absolute atomic E-state index is 6.54. The zero-order valence-corrected chi connectivity index (χ0v) is 24.0. The third-order valence-corrected chi connectivity index (χ3v) is 13.2. The molecule has 2 heterocycles. The molecule has 3 aromatic rings. The molecule has 1 aliphatic carbocycles. The number of aryl methyl sites for hydroxylation is 2. The molecule has 2 aromatic heterocycles. The van der Waals surface area contributed by atoms with Gasteiger partial charge in [0.05, 0.1) is 8.07 Å². The minimum atomic E-state index is -1.97. The molecule has 0 bridgehead atoms. The lowest BCUT2D eigenvalue weighted by molar-refractivity contribution is 0.361. The number of benzene rings is 1. The van der Waals surface area contributed by atoms with Crippen LogP contribution in [0.2, 0.25) is 13.1 Å². The summed E-state index contributed by atoms with van der Waals surface area (Å²) in [7, 11) is -1.97. The molecule has 0 radical (unpaired) electrons. The van der Waals surface area contributed by atoms with Crippen LogP contribution in [0.25, 0.3) is 9.75 Å². The zero-order valence-electron chi connectivity index (χ0n) is 21.4. The number of rotatable bonds is 13. The summed E-state index contributed by atoms with van der Waals surface area (Å²) < 4.78 is 6.54. The van der Waals surface area contributed by atoms with Gasteiger partial charge in [-0.2, -0.15) is 0 Å². The number of hydrogen-bond acceptors (Lipinski definition) is 3.